The van der Waals surface area contributed by atoms with Crippen molar-refractivity contribution in [3.8, 4) is 0 Å². The van der Waals surface area contributed by atoms with Gasteiger partial charge in [-0.05, 0) is 45.3 Å². The van der Waals surface area contributed by atoms with E-state index in [1.165, 1.54) is 12.1 Å². The molecule has 0 aliphatic rings. The normalized spacial score (nSPS) is 11.0. The highest BCUT2D eigenvalue weighted by Gasteiger charge is 2.19. The van der Waals surface area contributed by atoms with Crippen LogP contribution in [0.1, 0.15) is 21.6 Å². The third-order valence-electron chi connectivity index (χ3n) is 4.34. The van der Waals surface area contributed by atoms with Crippen LogP contribution in [0.25, 0.3) is 10.2 Å². The Morgan fingerprint density at radius 3 is 2.63 bits per heavy atom. The summed E-state index contributed by atoms with van der Waals surface area (Å²) in [6.45, 7) is 0.879. The van der Waals surface area contributed by atoms with Crippen molar-refractivity contribution in [2.45, 2.75) is 13.1 Å². The van der Waals surface area contributed by atoms with E-state index in [-0.39, 0.29) is 11.7 Å². The van der Waals surface area contributed by atoms with Crippen molar-refractivity contribution in [2.24, 2.45) is 0 Å². The van der Waals surface area contributed by atoms with Gasteiger partial charge in [0.25, 0.3) is 5.91 Å². The maximum atomic E-state index is 13.6. The first-order valence-corrected chi connectivity index (χ1v) is 10.1. The largest absolute Gasteiger partial charge is 0.347 e. The molecule has 1 amide bonds. The highest BCUT2D eigenvalue weighted by Crippen LogP contribution is 2.33. The third kappa shape index (κ3) is 3.82. The summed E-state index contributed by atoms with van der Waals surface area (Å²) < 4.78 is 17.5. The molecule has 0 spiro atoms. The lowest BCUT2D eigenvalue weighted by molar-refractivity contribution is 0.0942. The molecule has 4 aromatic rings. The maximum absolute atomic E-state index is 13.6. The van der Waals surface area contributed by atoms with Gasteiger partial charge >= 0.3 is 0 Å². The highest BCUT2D eigenvalue weighted by atomic mass is 79.9. The molecule has 0 fully saturated rings. The lowest BCUT2D eigenvalue weighted by atomic mass is 10.2. The Kier molecular flexibility index (Phi) is 5.09. The molecular weight excluding hydrogens is 427 g/mol. The zero-order chi connectivity index (χ0) is 18.8. The number of halogens is 2. The Bertz CT molecular complexity index is 1100. The smallest absolute Gasteiger partial charge is 0.268 e. The van der Waals surface area contributed by atoms with Gasteiger partial charge in [-0.1, -0.05) is 42.5 Å². The summed E-state index contributed by atoms with van der Waals surface area (Å²) in [6.07, 6.45) is 0. The van der Waals surface area contributed by atoms with Crippen molar-refractivity contribution < 1.29 is 9.18 Å². The molecule has 0 saturated carbocycles. The quantitative estimate of drug-likeness (QED) is 0.429. The summed E-state index contributed by atoms with van der Waals surface area (Å²) in [4.78, 5) is 12.9. The van der Waals surface area contributed by atoms with Gasteiger partial charge in [0.05, 0.1) is 14.7 Å². The Labute approximate surface area is 168 Å². The molecule has 0 bridgehead atoms. The molecular formula is C21H16BrFN2OS. The minimum Gasteiger partial charge on any atom is -0.347 e. The number of fused-ring (bicyclic) bond motifs is 1. The van der Waals surface area contributed by atoms with Crippen LogP contribution in [0.5, 0.6) is 0 Å². The average molecular weight is 443 g/mol. The summed E-state index contributed by atoms with van der Waals surface area (Å²) >= 11 is 5.14. The van der Waals surface area contributed by atoms with Crippen LogP contribution in [-0.2, 0) is 13.1 Å². The van der Waals surface area contributed by atoms with Gasteiger partial charge in [0.2, 0.25) is 0 Å². The minimum absolute atomic E-state index is 0.148. The zero-order valence-electron chi connectivity index (χ0n) is 14.3. The molecule has 0 atom stereocenters. The summed E-state index contributed by atoms with van der Waals surface area (Å²) in [5, 5.41) is 4.98. The lowest BCUT2D eigenvalue weighted by Gasteiger charge is -2.12. The van der Waals surface area contributed by atoms with E-state index in [2.05, 4.69) is 21.2 Å². The fourth-order valence-electron chi connectivity index (χ4n) is 3.07. The molecule has 2 aromatic heterocycles. The molecule has 0 unspecified atom stereocenters. The molecule has 2 aromatic carbocycles. The minimum atomic E-state index is -0.282. The third-order valence-corrected chi connectivity index (χ3v) is 6.16. The fraction of sp³-hybridized carbons (Fsp3) is 0.0952. The van der Waals surface area contributed by atoms with Crippen molar-refractivity contribution in [2.75, 3.05) is 0 Å². The molecule has 0 radical (unpaired) electrons. The number of benzene rings is 2. The second kappa shape index (κ2) is 7.66. The number of amides is 1. The molecule has 0 aliphatic carbocycles. The second-order valence-electron chi connectivity index (χ2n) is 6.21. The van der Waals surface area contributed by atoms with Crippen LogP contribution in [0.2, 0.25) is 0 Å². The van der Waals surface area contributed by atoms with Crippen molar-refractivity contribution in [1.29, 1.82) is 0 Å². The number of nitrogens with one attached hydrogen (secondary N) is 1. The van der Waals surface area contributed by atoms with Crippen molar-refractivity contribution >= 4 is 43.4 Å². The van der Waals surface area contributed by atoms with E-state index in [9.17, 15) is 9.18 Å². The maximum Gasteiger partial charge on any atom is 0.268 e. The van der Waals surface area contributed by atoms with Gasteiger partial charge in [0.15, 0.2) is 0 Å². The molecule has 4 rings (SSSR count). The SMILES string of the molecule is O=C(NCc1ccccc1)c1cc2scc(Br)c2n1Cc1cccc(F)c1. The van der Waals surface area contributed by atoms with Crippen molar-refractivity contribution in [1.82, 2.24) is 9.88 Å². The molecule has 3 nitrogen and oxygen atoms in total. The monoisotopic (exact) mass is 442 g/mol. The molecule has 1 N–H and O–H groups in total. The summed E-state index contributed by atoms with van der Waals surface area (Å²) in [7, 11) is 0. The number of carbonyl (C=O) groups excluding carboxylic acids is 1. The number of nitrogens with zero attached hydrogens (tertiary/aromatic N) is 1. The Morgan fingerprint density at radius 2 is 1.85 bits per heavy atom. The highest BCUT2D eigenvalue weighted by molar-refractivity contribution is 9.10. The molecule has 0 saturated heterocycles. The number of rotatable bonds is 5. The zero-order valence-corrected chi connectivity index (χ0v) is 16.7. The first-order chi connectivity index (χ1) is 13.1. The number of aromatic nitrogens is 1. The van der Waals surface area contributed by atoms with E-state index in [1.54, 1.807) is 17.4 Å². The Balaban J connectivity index is 1.66. The molecule has 2 heterocycles. The van der Waals surface area contributed by atoms with Gasteiger partial charge in [-0.2, -0.15) is 0 Å². The van der Waals surface area contributed by atoms with Gasteiger partial charge < -0.3 is 9.88 Å². The van der Waals surface area contributed by atoms with Crippen LogP contribution in [-0.4, -0.2) is 10.5 Å². The first kappa shape index (κ1) is 17.9. The van der Waals surface area contributed by atoms with Gasteiger partial charge in [0, 0.05) is 18.5 Å². The van der Waals surface area contributed by atoms with E-state index in [4.69, 9.17) is 0 Å². The number of hydrogen-bond donors (Lipinski definition) is 1. The van der Waals surface area contributed by atoms with Crippen LogP contribution in [0, 0.1) is 5.82 Å². The fourth-order valence-corrected chi connectivity index (χ4v) is 4.76. The lowest BCUT2D eigenvalue weighted by Crippen LogP contribution is -2.25. The number of thiophene rings is 1. The summed E-state index contributed by atoms with van der Waals surface area (Å²) in [6, 6.07) is 18.1. The van der Waals surface area contributed by atoms with Crippen molar-refractivity contribution in [3.63, 3.8) is 0 Å². The van der Waals surface area contributed by atoms with E-state index in [1.807, 2.05) is 52.4 Å². The summed E-state index contributed by atoms with van der Waals surface area (Å²) in [5.74, 6) is -0.430. The first-order valence-electron chi connectivity index (χ1n) is 8.44. The van der Waals surface area contributed by atoms with Gasteiger partial charge in [-0.15, -0.1) is 11.3 Å². The predicted molar refractivity (Wildman–Crippen MR) is 111 cm³/mol. The molecule has 6 heteroatoms. The van der Waals surface area contributed by atoms with Crippen LogP contribution < -0.4 is 5.32 Å². The van der Waals surface area contributed by atoms with Crippen LogP contribution >= 0.6 is 27.3 Å². The van der Waals surface area contributed by atoms with E-state index >= 15 is 0 Å². The Hall–Kier alpha value is -2.44. The van der Waals surface area contributed by atoms with Crippen molar-refractivity contribution in [3.05, 3.63) is 93.2 Å². The van der Waals surface area contributed by atoms with Gasteiger partial charge in [0.1, 0.15) is 11.5 Å². The molecule has 27 heavy (non-hydrogen) atoms. The predicted octanol–water partition coefficient (Wildman–Crippen LogP) is 5.58. The molecule has 0 aliphatic heterocycles. The van der Waals surface area contributed by atoms with Crippen LogP contribution in [0.3, 0.4) is 0 Å². The van der Waals surface area contributed by atoms with E-state index in [0.29, 0.717) is 18.8 Å². The summed E-state index contributed by atoms with van der Waals surface area (Å²) in [5.41, 5.74) is 3.37. The Morgan fingerprint density at radius 1 is 1.07 bits per heavy atom. The molecule has 136 valence electrons. The average Bonchev–Trinajstić information content (AvgIpc) is 3.21. The number of hydrogen-bond acceptors (Lipinski definition) is 2. The standard InChI is InChI=1S/C21H16BrFN2OS/c22-17-13-27-19-10-18(21(26)24-11-14-5-2-1-3-6-14)25(20(17)19)12-15-7-4-8-16(23)9-15/h1-10,13H,11-12H2,(H,24,26). The van der Waals surface area contributed by atoms with Crippen LogP contribution in [0.4, 0.5) is 4.39 Å². The van der Waals surface area contributed by atoms with E-state index in [0.717, 1.165) is 25.8 Å². The van der Waals surface area contributed by atoms with E-state index < -0.39 is 0 Å². The number of carbonyl (C=O) groups is 1. The van der Waals surface area contributed by atoms with Crippen LogP contribution in [0.15, 0.2) is 70.5 Å². The topological polar surface area (TPSA) is 34.0 Å². The van der Waals surface area contributed by atoms with Gasteiger partial charge in [-0.3, -0.25) is 4.79 Å². The second-order valence-corrected chi connectivity index (χ2v) is 7.98. The van der Waals surface area contributed by atoms with Gasteiger partial charge in [-0.25, -0.2) is 4.39 Å².